The van der Waals surface area contributed by atoms with E-state index in [0.717, 1.165) is 11.3 Å². The number of nitrogens with zero attached hydrogens (tertiary/aromatic N) is 2. The van der Waals surface area contributed by atoms with Gasteiger partial charge in [-0.25, -0.2) is 0 Å². The molecule has 23 heavy (non-hydrogen) atoms. The normalized spacial score (nSPS) is 21.7. The Kier molecular flexibility index (Phi) is 4.45. The number of rotatable bonds is 5. The molecule has 1 aromatic carbocycles. The van der Waals surface area contributed by atoms with Crippen molar-refractivity contribution in [3.05, 3.63) is 41.7 Å². The molecule has 1 amide bonds. The molecule has 0 saturated carbocycles. The van der Waals surface area contributed by atoms with Gasteiger partial charge in [-0.3, -0.25) is 9.69 Å². The molecule has 2 heterocycles. The molecule has 1 aromatic heterocycles. The van der Waals surface area contributed by atoms with E-state index in [9.17, 15) is 4.79 Å². The van der Waals surface area contributed by atoms with Crippen molar-refractivity contribution in [2.75, 3.05) is 13.7 Å². The lowest BCUT2D eigenvalue weighted by Gasteiger charge is -2.19. The zero-order chi connectivity index (χ0) is 16.4. The summed E-state index contributed by atoms with van der Waals surface area (Å²) in [7, 11) is 1.65. The highest BCUT2D eigenvalue weighted by Gasteiger charge is 2.36. The fourth-order valence-electron chi connectivity index (χ4n) is 2.95. The van der Waals surface area contributed by atoms with Gasteiger partial charge in [-0.2, -0.15) is 0 Å². The van der Waals surface area contributed by atoms with Crippen LogP contribution in [0.5, 0.6) is 0 Å². The Bertz CT molecular complexity index is 681. The summed E-state index contributed by atoms with van der Waals surface area (Å²) in [5, 5.41) is 4.12. The molecule has 122 valence electrons. The Morgan fingerprint density at radius 1 is 1.43 bits per heavy atom. The number of primary amides is 1. The predicted molar refractivity (Wildman–Crippen MR) is 85.5 cm³/mol. The zero-order valence-electron chi connectivity index (χ0n) is 13.4. The first-order chi connectivity index (χ1) is 11.1. The number of aromatic nitrogens is 1. The maximum Gasteiger partial charge on any atom is 0.234 e. The summed E-state index contributed by atoms with van der Waals surface area (Å²) in [5.41, 5.74) is 8.48. The first kappa shape index (κ1) is 15.7. The van der Waals surface area contributed by atoms with Gasteiger partial charge in [0.15, 0.2) is 5.76 Å². The molecule has 0 radical (unpaired) electrons. The van der Waals surface area contributed by atoms with E-state index < -0.39 is 0 Å². The molecule has 3 rings (SSSR count). The van der Waals surface area contributed by atoms with Crippen LogP contribution in [0.3, 0.4) is 0 Å². The van der Waals surface area contributed by atoms with Crippen LogP contribution >= 0.6 is 0 Å². The van der Waals surface area contributed by atoms with Crippen molar-refractivity contribution < 1.29 is 14.1 Å². The minimum Gasteiger partial charge on any atom is -0.380 e. The van der Waals surface area contributed by atoms with Crippen LogP contribution in [0.4, 0.5) is 0 Å². The lowest BCUT2D eigenvalue weighted by atomic mass is 10.1. The van der Waals surface area contributed by atoms with Crippen LogP contribution in [-0.2, 0) is 16.1 Å². The molecule has 2 aromatic rings. The average molecular weight is 315 g/mol. The number of ether oxygens (including phenoxy) is 1. The Morgan fingerprint density at radius 3 is 2.83 bits per heavy atom. The Hall–Kier alpha value is -2.18. The number of hydrogen-bond donors (Lipinski definition) is 1. The summed E-state index contributed by atoms with van der Waals surface area (Å²) in [4.78, 5) is 13.6. The number of nitrogens with two attached hydrogens (primary N) is 1. The molecule has 0 spiro atoms. The SMILES string of the molecule is CO[C@H]1C[C@@H](C(N)=O)N(Cc2cc(-c3ccc(C)cc3)no2)C1. The molecular weight excluding hydrogens is 294 g/mol. The van der Waals surface area contributed by atoms with Gasteiger partial charge in [0.25, 0.3) is 0 Å². The van der Waals surface area contributed by atoms with Gasteiger partial charge in [0.1, 0.15) is 5.69 Å². The number of carbonyl (C=O) groups excluding carboxylic acids is 1. The monoisotopic (exact) mass is 315 g/mol. The van der Waals surface area contributed by atoms with E-state index in [4.69, 9.17) is 15.0 Å². The van der Waals surface area contributed by atoms with E-state index >= 15 is 0 Å². The van der Waals surface area contributed by atoms with Crippen LogP contribution in [0, 0.1) is 6.92 Å². The molecule has 2 N–H and O–H groups in total. The Labute approximate surface area is 135 Å². The molecule has 6 heteroatoms. The maximum absolute atomic E-state index is 11.6. The lowest BCUT2D eigenvalue weighted by Crippen LogP contribution is -2.39. The largest absolute Gasteiger partial charge is 0.380 e. The number of carbonyl (C=O) groups is 1. The third-order valence-electron chi connectivity index (χ3n) is 4.29. The van der Waals surface area contributed by atoms with Gasteiger partial charge in [-0.15, -0.1) is 0 Å². The molecule has 1 saturated heterocycles. The smallest absolute Gasteiger partial charge is 0.234 e. The highest BCUT2D eigenvalue weighted by molar-refractivity contribution is 5.80. The van der Waals surface area contributed by atoms with Gasteiger partial charge in [0.2, 0.25) is 5.91 Å². The fraction of sp³-hybridized carbons (Fsp3) is 0.412. The van der Waals surface area contributed by atoms with Crippen molar-refractivity contribution in [3.8, 4) is 11.3 Å². The van der Waals surface area contributed by atoms with Crippen LogP contribution in [-0.4, -0.2) is 41.8 Å². The summed E-state index contributed by atoms with van der Waals surface area (Å²) < 4.78 is 10.8. The molecule has 6 nitrogen and oxygen atoms in total. The third-order valence-corrected chi connectivity index (χ3v) is 4.29. The van der Waals surface area contributed by atoms with Crippen LogP contribution in [0.25, 0.3) is 11.3 Å². The third kappa shape index (κ3) is 3.43. The summed E-state index contributed by atoms with van der Waals surface area (Å²) in [6, 6.07) is 9.68. The first-order valence-corrected chi connectivity index (χ1v) is 7.65. The van der Waals surface area contributed by atoms with E-state index in [1.165, 1.54) is 5.56 Å². The van der Waals surface area contributed by atoms with Crippen molar-refractivity contribution >= 4 is 5.91 Å². The van der Waals surface area contributed by atoms with Crippen LogP contribution in [0.1, 0.15) is 17.7 Å². The number of amides is 1. The quantitative estimate of drug-likeness (QED) is 0.908. The second kappa shape index (κ2) is 6.52. The number of likely N-dealkylation sites (tertiary alicyclic amines) is 1. The van der Waals surface area contributed by atoms with E-state index in [2.05, 4.69) is 5.16 Å². The molecule has 0 unspecified atom stereocenters. The minimum absolute atomic E-state index is 0.0204. The highest BCUT2D eigenvalue weighted by Crippen LogP contribution is 2.25. The van der Waals surface area contributed by atoms with Gasteiger partial charge in [0.05, 0.1) is 18.7 Å². The van der Waals surface area contributed by atoms with E-state index in [1.807, 2.05) is 42.2 Å². The van der Waals surface area contributed by atoms with Crippen LogP contribution < -0.4 is 5.73 Å². The molecule has 1 fully saturated rings. The van der Waals surface area contributed by atoms with Gasteiger partial charge in [-0.05, 0) is 13.3 Å². The number of hydrogen-bond acceptors (Lipinski definition) is 5. The van der Waals surface area contributed by atoms with Crippen LogP contribution in [0.2, 0.25) is 0 Å². The van der Waals surface area contributed by atoms with Crippen molar-refractivity contribution in [2.45, 2.75) is 32.0 Å². The van der Waals surface area contributed by atoms with E-state index in [-0.39, 0.29) is 18.1 Å². The van der Waals surface area contributed by atoms with Gasteiger partial charge in [0, 0.05) is 25.3 Å². The van der Waals surface area contributed by atoms with Crippen molar-refractivity contribution in [1.82, 2.24) is 10.1 Å². The summed E-state index contributed by atoms with van der Waals surface area (Å²) in [6.07, 6.45) is 0.636. The Balaban J connectivity index is 1.73. The molecule has 1 aliphatic heterocycles. The second-order valence-corrected chi connectivity index (χ2v) is 5.99. The van der Waals surface area contributed by atoms with Crippen molar-refractivity contribution in [2.24, 2.45) is 5.73 Å². The van der Waals surface area contributed by atoms with E-state index in [1.54, 1.807) is 7.11 Å². The van der Waals surface area contributed by atoms with E-state index in [0.29, 0.717) is 25.3 Å². The van der Waals surface area contributed by atoms with Gasteiger partial charge >= 0.3 is 0 Å². The highest BCUT2D eigenvalue weighted by atomic mass is 16.5. The standard InChI is InChI=1S/C17H21N3O3/c1-11-3-5-12(6-4-11)15-7-14(23-19-15)10-20-9-13(22-2)8-16(20)17(18)21/h3-7,13,16H,8-10H2,1-2H3,(H2,18,21)/t13-,16-/m0/s1. The van der Waals surface area contributed by atoms with Gasteiger partial charge in [-0.1, -0.05) is 35.0 Å². The fourth-order valence-corrected chi connectivity index (χ4v) is 2.95. The Morgan fingerprint density at radius 2 is 2.17 bits per heavy atom. The van der Waals surface area contributed by atoms with Crippen molar-refractivity contribution in [1.29, 1.82) is 0 Å². The minimum atomic E-state index is -0.331. The number of methoxy groups -OCH3 is 1. The lowest BCUT2D eigenvalue weighted by molar-refractivity contribution is -0.122. The molecule has 1 aliphatic rings. The summed E-state index contributed by atoms with van der Waals surface area (Å²) in [5.74, 6) is 0.381. The average Bonchev–Trinajstić information content (AvgIpc) is 3.15. The van der Waals surface area contributed by atoms with Gasteiger partial charge < -0.3 is 15.0 Å². The number of benzene rings is 1. The molecular formula is C17H21N3O3. The zero-order valence-corrected chi connectivity index (χ0v) is 13.4. The first-order valence-electron chi connectivity index (χ1n) is 7.65. The molecule has 0 aliphatic carbocycles. The van der Waals surface area contributed by atoms with Crippen molar-refractivity contribution in [3.63, 3.8) is 0 Å². The number of aryl methyl sites for hydroxylation is 1. The molecule has 2 atom stereocenters. The maximum atomic E-state index is 11.6. The predicted octanol–water partition coefficient (Wildman–Crippen LogP) is 1.72. The summed E-state index contributed by atoms with van der Waals surface area (Å²) in [6.45, 7) is 3.19. The molecule has 0 bridgehead atoms. The van der Waals surface area contributed by atoms with Crippen LogP contribution in [0.15, 0.2) is 34.9 Å². The summed E-state index contributed by atoms with van der Waals surface area (Å²) >= 11 is 0. The topological polar surface area (TPSA) is 81.6 Å². The second-order valence-electron chi connectivity index (χ2n) is 5.99.